The van der Waals surface area contributed by atoms with Crippen molar-refractivity contribution in [2.75, 3.05) is 26.4 Å². The SMILES string of the molecule is CC(C)OCCOCC(O)CNC1CC2CCC1O2. The fourth-order valence-corrected chi connectivity index (χ4v) is 2.76. The van der Waals surface area contributed by atoms with Crippen molar-refractivity contribution < 1.29 is 19.3 Å². The molecule has 2 aliphatic heterocycles. The van der Waals surface area contributed by atoms with E-state index < -0.39 is 6.10 Å². The summed E-state index contributed by atoms with van der Waals surface area (Å²) in [6.07, 6.45) is 4.01. The van der Waals surface area contributed by atoms with Crippen molar-refractivity contribution >= 4 is 0 Å². The molecule has 0 saturated carbocycles. The van der Waals surface area contributed by atoms with E-state index in [0.29, 0.717) is 44.6 Å². The molecule has 4 atom stereocenters. The van der Waals surface area contributed by atoms with Crippen molar-refractivity contribution in [1.29, 1.82) is 0 Å². The number of fused-ring (bicyclic) bond motifs is 2. The summed E-state index contributed by atoms with van der Waals surface area (Å²) >= 11 is 0. The lowest BCUT2D eigenvalue weighted by Gasteiger charge is -2.22. The van der Waals surface area contributed by atoms with E-state index in [9.17, 15) is 5.11 Å². The summed E-state index contributed by atoms with van der Waals surface area (Å²) in [4.78, 5) is 0. The fraction of sp³-hybridized carbons (Fsp3) is 1.00. The first-order valence-electron chi connectivity index (χ1n) is 7.41. The predicted molar refractivity (Wildman–Crippen MR) is 72.2 cm³/mol. The second-order valence-corrected chi connectivity index (χ2v) is 5.77. The summed E-state index contributed by atoms with van der Waals surface area (Å²) in [5.41, 5.74) is 0. The number of ether oxygens (including phenoxy) is 3. The van der Waals surface area contributed by atoms with E-state index in [2.05, 4.69) is 5.32 Å². The number of rotatable bonds is 9. The van der Waals surface area contributed by atoms with Gasteiger partial charge in [-0.25, -0.2) is 0 Å². The molecule has 2 heterocycles. The molecule has 5 heteroatoms. The minimum atomic E-state index is -0.460. The lowest BCUT2D eigenvalue weighted by atomic mass is 9.95. The summed E-state index contributed by atoms with van der Waals surface area (Å²) in [5.74, 6) is 0. The van der Waals surface area contributed by atoms with Gasteiger partial charge in [0.05, 0.1) is 44.2 Å². The van der Waals surface area contributed by atoms with Gasteiger partial charge in [-0.3, -0.25) is 0 Å². The molecule has 19 heavy (non-hydrogen) atoms. The van der Waals surface area contributed by atoms with Gasteiger partial charge in [0.2, 0.25) is 0 Å². The summed E-state index contributed by atoms with van der Waals surface area (Å²) in [6, 6.07) is 0.415. The maximum absolute atomic E-state index is 9.82. The second kappa shape index (κ2) is 7.55. The lowest BCUT2D eigenvalue weighted by Crippen LogP contribution is -2.42. The normalized spacial score (nSPS) is 31.3. The van der Waals surface area contributed by atoms with Crippen molar-refractivity contribution in [3.8, 4) is 0 Å². The number of aliphatic hydroxyl groups is 1. The third kappa shape index (κ3) is 5.00. The minimum Gasteiger partial charge on any atom is -0.389 e. The highest BCUT2D eigenvalue weighted by Gasteiger charge is 2.40. The molecule has 0 amide bonds. The van der Waals surface area contributed by atoms with Gasteiger partial charge in [0.15, 0.2) is 0 Å². The molecule has 2 saturated heterocycles. The van der Waals surface area contributed by atoms with Crippen molar-refractivity contribution in [2.24, 2.45) is 0 Å². The number of hydrogen-bond donors (Lipinski definition) is 2. The zero-order valence-electron chi connectivity index (χ0n) is 12.0. The molecule has 112 valence electrons. The maximum atomic E-state index is 9.82. The van der Waals surface area contributed by atoms with Crippen molar-refractivity contribution in [3.05, 3.63) is 0 Å². The van der Waals surface area contributed by atoms with Crippen LogP contribution in [0.2, 0.25) is 0 Å². The second-order valence-electron chi connectivity index (χ2n) is 5.77. The topological polar surface area (TPSA) is 60.0 Å². The highest BCUT2D eigenvalue weighted by Crippen LogP contribution is 2.34. The number of aliphatic hydroxyl groups excluding tert-OH is 1. The summed E-state index contributed by atoms with van der Waals surface area (Å²) in [6.45, 7) is 6.04. The molecule has 5 nitrogen and oxygen atoms in total. The molecule has 4 unspecified atom stereocenters. The van der Waals surface area contributed by atoms with Crippen LogP contribution >= 0.6 is 0 Å². The lowest BCUT2D eigenvalue weighted by molar-refractivity contribution is -0.0110. The average Bonchev–Trinajstić information content (AvgIpc) is 2.97. The van der Waals surface area contributed by atoms with E-state index in [0.717, 1.165) is 12.8 Å². The van der Waals surface area contributed by atoms with Crippen LogP contribution in [0.15, 0.2) is 0 Å². The molecule has 0 aliphatic carbocycles. The average molecular weight is 273 g/mol. The van der Waals surface area contributed by atoms with Gasteiger partial charge >= 0.3 is 0 Å². The van der Waals surface area contributed by atoms with Crippen LogP contribution < -0.4 is 5.32 Å². The first-order valence-corrected chi connectivity index (χ1v) is 7.41. The van der Waals surface area contributed by atoms with Crippen LogP contribution in [-0.4, -0.2) is 61.9 Å². The van der Waals surface area contributed by atoms with E-state index in [1.54, 1.807) is 0 Å². The van der Waals surface area contributed by atoms with E-state index in [1.807, 2.05) is 13.8 Å². The Morgan fingerprint density at radius 1 is 1.32 bits per heavy atom. The Balaban J connectivity index is 1.47. The number of hydrogen-bond acceptors (Lipinski definition) is 5. The Labute approximate surface area is 115 Å². The molecule has 2 fully saturated rings. The molecule has 0 aromatic heterocycles. The standard InChI is InChI=1S/C14H27NO4/c1-10(2)18-6-5-17-9-11(16)8-15-13-7-12-3-4-14(13)19-12/h10-16H,3-9H2,1-2H3. The monoisotopic (exact) mass is 273 g/mol. The molecule has 0 radical (unpaired) electrons. The van der Waals surface area contributed by atoms with E-state index in [4.69, 9.17) is 14.2 Å². The summed E-state index contributed by atoms with van der Waals surface area (Å²) in [7, 11) is 0. The molecular weight excluding hydrogens is 246 g/mol. The Bertz CT molecular complexity index is 262. The summed E-state index contributed by atoms with van der Waals surface area (Å²) in [5, 5.41) is 13.2. The van der Waals surface area contributed by atoms with Crippen LogP contribution in [0.25, 0.3) is 0 Å². The third-order valence-corrected chi connectivity index (χ3v) is 3.71. The molecule has 2 aliphatic rings. The van der Waals surface area contributed by atoms with Crippen LogP contribution in [0.1, 0.15) is 33.1 Å². The highest BCUT2D eigenvalue weighted by molar-refractivity contribution is 4.94. The summed E-state index contributed by atoms with van der Waals surface area (Å²) < 4.78 is 16.5. The van der Waals surface area contributed by atoms with Gasteiger partial charge in [-0.05, 0) is 33.1 Å². The zero-order valence-corrected chi connectivity index (χ0v) is 12.0. The van der Waals surface area contributed by atoms with E-state index in [1.165, 1.54) is 6.42 Å². The predicted octanol–water partition coefficient (Wildman–Crippen LogP) is 0.698. The van der Waals surface area contributed by atoms with Gasteiger partial charge in [0.1, 0.15) is 0 Å². The van der Waals surface area contributed by atoms with E-state index in [-0.39, 0.29) is 6.10 Å². The van der Waals surface area contributed by atoms with Crippen LogP contribution in [0, 0.1) is 0 Å². The van der Waals surface area contributed by atoms with Crippen LogP contribution in [0.5, 0.6) is 0 Å². The van der Waals surface area contributed by atoms with Gasteiger partial charge in [-0.15, -0.1) is 0 Å². The van der Waals surface area contributed by atoms with Gasteiger partial charge in [0.25, 0.3) is 0 Å². The number of nitrogens with one attached hydrogen (secondary N) is 1. The Kier molecular flexibility index (Phi) is 6.04. The van der Waals surface area contributed by atoms with Crippen LogP contribution in [0.3, 0.4) is 0 Å². The maximum Gasteiger partial charge on any atom is 0.0897 e. The highest BCUT2D eigenvalue weighted by atomic mass is 16.5. The first kappa shape index (κ1) is 15.2. The molecule has 0 aromatic rings. The van der Waals surface area contributed by atoms with Gasteiger partial charge in [-0.1, -0.05) is 0 Å². The zero-order chi connectivity index (χ0) is 13.7. The van der Waals surface area contributed by atoms with Crippen molar-refractivity contribution in [2.45, 2.75) is 63.6 Å². The molecule has 2 rings (SSSR count). The van der Waals surface area contributed by atoms with E-state index >= 15 is 0 Å². The largest absolute Gasteiger partial charge is 0.389 e. The van der Waals surface area contributed by atoms with Crippen LogP contribution in [-0.2, 0) is 14.2 Å². The van der Waals surface area contributed by atoms with Gasteiger partial charge in [0, 0.05) is 12.6 Å². The van der Waals surface area contributed by atoms with Gasteiger partial charge < -0.3 is 24.6 Å². The molecule has 2 N–H and O–H groups in total. The minimum absolute atomic E-state index is 0.230. The molecule has 0 spiro atoms. The van der Waals surface area contributed by atoms with Gasteiger partial charge in [-0.2, -0.15) is 0 Å². The fourth-order valence-electron chi connectivity index (χ4n) is 2.76. The Morgan fingerprint density at radius 3 is 2.79 bits per heavy atom. The molecule has 0 aromatic carbocycles. The van der Waals surface area contributed by atoms with Crippen molar-refractivity contribution in [1.82, 2.24) is 5.32 Å². The smallest absolute Gasteiger partial charge is 0.0897 e. The molecular formula is C14H27NO4. The van der Waals surface area contributed by atoms with Crippen LogP contribution in [0.4, 0.5) is 0 Å². The Morgan fingerprint density at radius 2 is 2.16 bits per heavy atom. The molecule has 2 bridgehead atoms. The first-order chi connectivity index (χ1) is 9.15. The quantitative estimate of drug-likeness (QED) is 0.606. The Hall–Kier alpha value is -0.200. The third-order valence-electron chi connectivity index (χ3n) is 3.71. The van der Waals surface area contributed by atoms with Crippen molar-refractivity contribution in [3.63, 3.8) is 0 Å².